The number of carbonyl (C=O) groups excluding carboxylic acids is 1. The number of amides is 1. The Morgan fingerprint density at radius 2 is 2.16 bits per heavy atom. The predicted molar refractivity (Wildman–Crippen MR) is 76.4 cm³/mol. The second kappa shape index (κ2) is 7.63. The fourth-order valence-corrected chi connectivity index (χ4v) is 1.59. The monoisotopic (exact) mass is 266 g/mol. The summed E-state index contributed by atoms with van der Waals surface area (Å²) in [4.78, 5) is 11.8. The molecule has 1 aromatic rings. The van der Waals surface area contributed by atoms with Gasteiger partial charge in [-0.2, -0.15) is 0 Å². The largest absolute Gasteiger partial charge is 0.495 e. The third-order valence-electron chi connectivity index (χ3n) is 2.50. The molecule has 0 heterocycles. The maximum Gasteiger partial charge on any atom is 0.224 e. The van der Waals surface area contributed by atoms with E-state index in [4.69, 9.17) is 15.2 Å². The summed E-state index contributed by atoms with van der Waals surface area (Å²) in [5.74, 6) is 0.525. The van der Waals surface area contributed by atoms with E-state index in [1.807, 2.05) is 13.8 Å². The maximum absolute atomic E-state index is 11.8. The summed E-state index contributed by atoms with van der Waals surface area (Å²) in [6.45, 7) is 4.52. The molecule has 0 unspecified atom stereocenters. The zero-order valence-corrected chi connectivity index (χ0v) is 11.7. The van der Waals surface area contributed by atoms with Crippen molar-refractivity contribution in [3.63, 3.8) is 0 Å². The van der Waals surface area contributed by atoms with Gasteiger partial charge in [-0.15, -0.1) is 0 Å². The van der Waals surface area contributed by atoms with E-state index in [0.717, 1.165) is 0 Å². The van der Waals surface area contributed by atoms with E-state index in [9.17, 15) is 4.79 Å². The molecule has 0 fully saturated rings. The first-order valence-corrected chi connectivity index (χ1v) is 6.38. The lowest BCUT2D eigenvalue weighted by atomic mass is 10.2. The molecule has 106 valence electrons. The Hall–Kier alpha value is -1.75. The second-order valence-corrected chi connectivity index (χ2v) is 4.53. The van der Waals surface area contributed by atoms with Gasteiger partial charge in [0.2, 0.25) is 5.91 Å². The van der Waals surface area contributed by atoms with Crippen LogP contribution in [0.2, 0.25) is 0 Å². The number of rotatable bonds is 7. The van der Waals surface area contributed by atoms with Gasteiger partial charge in [-0.25, -0.2) is 0 Å². The number of hydrogen-bond donors (Lipinski definition) is 2. The summed E-state index contributed by atoms with van der Waals surface area (Å²) in [6.07, 6.45) is 1.29. The summed E-state index contributed by atoms with van der Waals surface area (Å²) < 4.78 is 10.5. The molecule has 1 aromatic carbocycles. The molecule has 0 saturated carbocycles. The molecule has 0 spiro atoms. The fourth-order valence-electron chi connectivity index (χ4n) is 1.59. The number of nitrogen functional groups attached to an aromatic ring is 1. The van der Waals surface area contributed by atoms with E-state index in [0.29, 0.717) is 36.6 Å². The molecule has 0 aliphatic rings. The van der Waals surface area contributed by atoms with Crippen LogP contribution in [0.4, 0.5) is 11.4 Å². The Morgan fingerprint density at radius 3 is 2.79 bits per heavy atom. The van der Waals surface area contributed by atoms with Gasteiger partial charge in [0.1, 0.15) is 5.75 Å². The minimum absolute atomic E-state index is 0.0729. The molecule has 0 aliphatic carbocycles. The standard InChI is InChI=1S/C14H22N2O3/c1-10(2)19-8-4-5-14(17)16-12-9-11(15)6-7-13(12)18-3/h6-7,9-10H,4-5,8,15H2,1-3H3,(H,16,17). The van der Waals surface area contributed by atoms with Crippen molar-refractivity contribution >= 4 is 17.3 Å². The van der Waals surface area contributed by atoms with Crippen LogP contribution < -0.4 is 15.8 Å². The van der Waals surface area contributed by atoms with Crippen LogP contribution in [-0.4, -0.2) is 25.7 Å². The van der Waals surface area contributed by atoms with Gasteiger partial charge < -0.3 is 20.5 Å². The summed E-state index contributed by atoms with van der Waals surface area (Å²) in [7, 11) is 1.55. The molecule has 5 heteroatoms. The van der Waals surface area contributed by atoms with Gasteiger partial charge in [-0.1, -0.05) is 0 Å². The molecule has 0 bridgehead atoms. The first-order chi connectivity index (χ1) is 9.02. The van der Waals surface area contributed by atoms with Gasteiger partial charge in [-0.05, 0) is 38.5 Å². The second-order valence-electron chi connectivity index (χ2n) is 4.53. The Balaban J connectivity index is 2.45. The SMILES string of the molecule is COc1ccc(N)cc1NC(=O)CCCOC(C)C. The van der Waals surface area contributed by atoms with Gasteiger partial charge in [0, 0.05) is 18.7 Å². The van der Waals surface area contributed by atoms with E-state index >= 15 is 0 Å². The average molecular weight is 266 g/mol. The normalized spacial score (nSPS) is 10.5. The lowest BCUT2D eigenvalue weighted by Gasteiger charge is -2.11. The molecular formula is C14H22N2O3. The minimum Gasteiger partial charge on any atom is -0.495 e. The van der Waals surface area contributed by atoms with Gasteiger partial charge in [0.15, 0.2) is 0 Å². The van der Waals surface area contributed by atoms with Crippen molar-refractivity contribution in [2.45, 2.75) is 32.8 Å². The zero-order valence-electron chi connectivity index (χ0n) is 11.7. The molecule has 1 rings (SSSR count). The molecule has 1 amide bonds. The maximum atomic E-state index is 11.8. The number of nitrogens with one attached hydrogen (secondary N) is 1. The number of anilines is 2. The highest BCUT2D eigenvalue weighted by molar-refractivity contribution is 5.92. The van der Waals surface area contributed by atoms with E-state index in [2.05, 4.69) is 5.32 Å². The van der Waals surface area contributed by atoms with Crippen LogP contribution in [0.5, 0.6) is 5.75 Å². The number of nitrogens with two attached hydrogens (primary N) is 1. The van der Waals surface area contributed by atoms with Crippen molar-refractivity contribution in [2.24, 2.45) is 0 Å². The topological polar surface area (TPSA) is 73.6 Å². The molecule has 0 atom stereocenters. The Kier molecular flexibility index (Phi) is 6.15. The Morgan fingerprint density at radius 1 is 1.42 bits per heavy atom. The minimum atomic E-state index is -0.0729. The fraction of sp³-hybridized carbons (Fsp3) is 0.500. The summed E-state index contributed by atoms with van der Waals surface area (Å²) in [5.41, 5.74) is 6.86. The van der Waals surface area contributed by atoms with Crippen LogP contribution in [0.15, 0.2) is 18.2 Å². The van der Waals surface area contributed by atoms with E-state index in [1.54, 1.807) is 25.3 Å². The highest BCUT2D eigenvalue weighted by Crippen LogP contribution is 2.26. The molecule has 5 nitrogen and oxygen atoms in total. The molecule has 0 aliphatic heterocycles. The first kappa shape index (κ1) is 15.3. The van der Waals surface area contributed by atoms with Crippen molar-refractivity contribution in [3.8, 4) is 5.75 Å². The van der Waals surface area contributed by atoms with E-state index in [1.165, 1.54) is 0 Å². The molecule has 19 heavy (non-hydrogen) atoms. The highest BCUT2D eigenvalue weighted by Gasteiger charge is 2.08. The number of hydrogen-bond acceptors (Lipinski definition) is 4. The van der Waals surface area contributed by atoms with Gasteiger partial charge in [0.05, 0.1) is 18.9 Å². The predicted octanol–water partition coefficient (Wildman–Crippen LogP) is 2.42. The van der Waals surface area contributed by atoms with Crippen LogP contribution in [-0.2, 0) is 9.53 Å². The van der Waals surface area contributed by atoms with Crippen LogP contribution in [0.1, 0.15) is 26.7 Å². The lowest BCUT2D eigenvalue weighted by Crippen LogP contribution is -2.14. The number of ether oxygens (including phenoxy) is 2. The van der Waals surface area contributed by atoms with Crippen LogP contribution in [0.3, 0.4) is 0 Å². The van der Waals surface area contributed by atoms with E-state index in [-0.39, 0.29) is 12.0 Å². The molecule has 0 saturated heterocycles. The Labute approximate surface area is 114 Å². The first-order valence-electron chi connectivity index (χ1n) is 6.38. The summed E-state index contributed by atoms with van der Waals surface area (Å²) in [5, 5.41) is 2.79. The zero-order chi connectivity index (χ0) is 14.3. The third-order valence-corrected chi connectivity index (χ3v) is 2.50. The van der Waals surface area contributed by atoms with Crippen molar-refractivity contribution < 1.29 is 14.3 Å². The van der Waals surface area contributed by atoms with Crippen molar-refractivity contribution in [1.29, 1.82) is 0 Å². The van der Waals surface area contributed by atoms with Crippen molar-refractivity contribution in [2.75, 3.05) is 24.8 Å². The van der Waals surface area contributed by atoms with Crippen LogP contribution in [0.25, 0.3) is 0 Å². The average Bonchev–Trinajstić information content (AvgIpc) is 2.35. The molecule has 3 N–H and O–H groups in total. The summed E-state index contributed by atoms with van der Waals surface area (Å²) >= 11 is 0. The number of methoxy groups -OCH3 is 1. The lowest BCUT2D eigenvalue weighted by molar-refractivity contribution is -0.116. The number of benzene rings is 1. The van der Waals surface area contributed by atoms with E-state index < -0.39 is 0 Å². The van der Waals surface area contributed by atoms with Crippen LogP contribution >= 0.6 is 0 Å². The summed E-state index contributed by atoms with van der Waals surface area (Å²) in [6, 6.07) is 5.14. The molecule has 0 radical (unpaired) electrons. The van der Waals surface area contributed by atoms with Gasteiger partial charge in [0.25, 0.3) is 0 Å². The van der Waals surface area contributed by atoms with Crippen LogP contribution in [0, 0.1) is 0 Å². The molecular weight excluding hydrogens is 244 g/mol. The third kappa shape index (κ3) is 5.61. The number of carbonyl (C=O) groups is 1. The van der Waals surface area contributed by atoms with Gasteiger partial charge in [-0.3, -0.25) is 4.79 Å². The molecule has 0 aromatic heterocycles. The Bertz CT molecular complexity index is 419. The van der Waals surface area contributed by atoms with Crippen molar-refractivity contribution in [1.82, 2.24) is 0 Å². The quantitative estimate of drug-likeness (QED) is 0.587. The highest BCUT2D eigenvalue weighted by atomic mass is 16.5. The van der Waals surface area contributed by atoms with Gasteiger partial charge >= 0.3 is 0 Å². The van der Waals surface area contributed by atoms with Crippen molar-refractivity contribution in [3.05, 3.63) is 18.2 Å². The smallest absolute Gasteiger partial charge is 0.224 e.